The maximum absolute atomic E-state index is 10.7. The molecule has 0 saturated carbocycles. The number of rotatable bonds is 2. The summed E-state index contributed by atoms with van der Waals surface area (Å²) in [7, 11) is 0. The van der Waals surface area contributed by atoms with Crippen molar-refractivity contribution in [2.45, 2.75) is 32.6 Å². The highest BCUT2D eigenvalue weighted by atomic mass is 35.5. The summed E-state index contributed by atoms with van der Waals surface area (Å²) in [5.41, 5.74) is 3.88. The molecule has 16 heavy (non-hydrogen) atoms. The molecule has 0 radical (unpaired) electrons. The Bertz CT molecular complexity index is 463. The molecule has 1 aromatic carbocycles. The Morgan fingerprint density at radius 1 is 1.38 bits per heavy atom. The molecule has 0 unspecified atom stereocenters. The van der Waals surface area contributed by atoms with E-state index in [0.29, 0.717) is 11.6 Å². The van der Waals surface area contributed by atoms with Crippen LogP contribution in [0.15, 0.2) is 23.4 Å². The van der Waals surface area contributed by atoms with E-state index in [-0.39, 0.29) is 0 Å². The van der Waals surface area contributed by atoms with Crippen molar-refractivity contribution < 1.29 is 0 Å². The van der Waals surface area contributed by atoms with Gasteiger partial charge < -0.3 is 0 Å². The van der Waals surface area contributed by atoms with Gasteiger partial charge in [-0.2, -0.15) is 0 Å². The molecule has 0 fully saturated rings. The van der Waals surface area contributed by atoms with Gasteiger partial charge in [-0.1, -0.05) is 31.5 Å². The molecular formula is C13H14ClNO. The van der Waals surface area contributed by atoms with Crippen LogP contribution in [0.25, 0.3) is 5.03 Å². The van der Waals surface area contributed by atoms with Crippen molar-refractivity contribution in [2.75, 3.05) is 0 Å². The minimum absolute atomic E-state index is 0.343. The molecule has 0 amide bonds. The second kappa shape index (κ2) is 4.38. The summed E-state index contributed by atoms with van der Waals surface area (Å²) in [4.78, 5) is 10.7. The summed E-state index contributed by atoms with van der Waals surface area (Å²) in [6, 6.07) is 3.70. The molecule has 0 bridgehead atoms. The van der Waals surface area contributed by atoms with E-state index >= 15 is 0 Å². The van der Waals surface area contributed by atoms with Crippen LogP contribution in [-0.4, -0.2) is 0 Å². The number of hydrogen-bond donors (Lipinski definition) is 0. The van der Waals surface area contributed by atoms with E-state index in [2.05, 4.69) is 19.0 Å². The minimum atomic E-state index is 0.343. The Labute approximate surface area is 100 Å². The maximum atomic E-state index is 10.7. The van der Waals surface area contributed by atoms with Crippen molar-refractivity contribution in [2.24, 2.45) is 5.18 Å². The number of hydrogen-bond acceptors (Lipinski definition) is 2. The average molecular weight is 236 g/mol. The molecule has 0 aromatic heterocycles. The standard InChI is InChI=1S/C13H14ClNO/c1-8(2)11-7-10(15-16)6-9-4-3-5-12(14)13(9)11/h5-8H,3-4H2,1-2H3. The summed E-state index contributed by atoms with van der Waals surface area (Å²) in [6.45, 7) is 4.20. The number of halogens is 1. The molecule has 2 rings (SSSR count). The van der Waals surface area contributed by atoms with E-state index in [4.69, 9.17) is 11.6 Å². The van der Waals surface area contributed by atoms with Crippen molar-refractivity contribution in [3.8, 4) is 0 Å². The van der Waals surface area contributed by atoms with Gasteiger partial charge in [-0.15, -0.1) is 4.91 Å². The smallest absolute Gasteiger partial charge is 0.108 e. The van der Waals surface area contributed by atoms with Gasteiger partial charge in [0.15, 0.2) is 0 Å². The zero-order valence-corrected chi connectivity index (χ0v) is 10.2. The lowest BCUT2D eigenvalue weighted by Crippen LogP contribution is -2.03. The Morgan fingerprint density at radius 3 is 2.75 bits per heavy atom. The Hall–Kier alpha value is -1.15. The van der Waals surface area contributed by atoms with Gasteiger partial charge in [0.25, 0.3) is 0 Å². The number of fused-ring (bicyclic) bond motifs is 1. The number of benzene rings is 1. The van der Waals surface area contributed by atoms with Crippen LogP contribution in [0, 0.1) is 4.91 Å². The molecule has 3 heteroatoms. The molecular weight excluding hydrogens is 222 g/mol. The summed E-state index contributed by atoms with van der Waals surface area (Å²) in [5.74, 6) is 0.343. The second-order valence-corrected chi connectivity index (χ2v) is 4.81. The molecule has 1 aliphatic rings. The quantitative estimate of drug-likeness (QED) is 0.681. The van der Waals surface area contributed by atoms with Gasteiger partial charge in [-0.25, -0.2) is 0 Å². The summed E-state index contributed by atoms with van der Waals surface area (Å²) in [5, 5.41) is 3.84. The van der Waals surface area contributed by atoms with Gasteiger partial charge in [0.1, 0.15) is 5.69 Å². The third kappa shape index (κ3) is 1.90. The average Bonchev–Trinajstić information content (AvgIpc) is 2.27. The van der Waals surface area contributed by atoms with E-state index < -0.39 is 0 Å². The monoisotopic (exact) mass is 235 g/mol. The lowest BCUT2D eigenvalue weighted by Gasteiger charge is -2.20. The fourth-order valence-electron chi connectivity index (χ4n) is 2.16. The SMILES string of the molecule is CC(C)c1cc(N=O)cc2c1C(Cl)=CCC2. The van der Waals surface area contributed by atoms with Crippen LogP contribution >= 0.6 is 11.6 Å². The Kier molecular flexibility index (Phi) is 3.10. The lowest BCUT2D eigenvalue weighted by molar-refractivity contribution is 0.851. The zero-order chi connectivity index (χ0) is 11.7. The summed E-state index contributed by atoms with van der Waals surface area (Å²) in [6.07, 6.45) is 3.92. The van der Waals surface area contributed by atoms with Gasteiger partial charge in [0, 0.05) is 5.03 Å². The number of aryl methyl sites for hydroxylation is 1. The topological polar surface area (TPSA) is 29.4 Å². The van der Waals surface area contributed by atoms with Gasteiger partial charge in [-0.3, -0.25) is 0 Å². The molecule has 0 aliphatic heterocycles. The molecule has 0 heterocycles. The van der Waals surface area contributed by atoms with E-state index in [0.717, 1.165) is 34.6 Å². The van der Waals surface area contributed by atoms with Crippen LogP contribution in [0.4, 0.5) is 5.69 Å². The third-order valence-corrected chi connectivity index (χ3v) is 3.28. The van der Waals surface area contributed by atoms with Crippen LogP contribution in [-0.2, 0) is 6.42 Å². The van der Waals surface area contributed by atoms with E-state index in [1.165, 1.54) is 0 Å². The zero-order valence-electron chi connectivity index (χ0n) is 9.46. The second-order valence-electron chi connectivity index (χ2n) is 4.41. The van der Waals surface area contributed by atoms with Crippen molar-refractivity contribution in [1.82, 2.24) is 0 Å². The molecule has 2 nitrogen and oxygen atoms in total. The van der Waals surface area contributed by atoms with Crippen molar-refractivity contribution in [3.05, 3.63) is 39.8 Å². The normalized spacial score (nSPS) is 14.6. The third-order valence-electron chi connectivity index (χ3n) is 2.94. The van der Waals surface area contributed by atoms with Crippen molar-refractivity contribution in [3.63, 3.8) is 0 Å². The van der Waals surface area contributed by atoms with Crippen LogP contribution in [0.5, 0.6) is 0 Å². The largest absolute Gasteiger partial charge is 0.145 e. The van der Waals surface area contributed by atoms with Gasteiger partial charge in [0.05, 0.1) is 0 Å². The highest BCUT2D eigenvalue weighted by molar-refractivity contribution is 6.49. The Balaban J connectivity index is 2.67. The fraction of sp³-hybridized carbons (Fsp3) is 0.385. The van der Waals surface area contributed by atoms with Crippen molar-refractivity contribution >= 4 is 22.3 Å². The van der Waals surface area contributed by atoms with Crippen LogP contribution in [0.3, 0.4) is 0 Å². The fourth-order valence-corrected chi connectivity index (χ4v) is 2.50. The minimum Gasteiger partial charge on any atom is -0.145 e. The van der Waals surface area contributed by atoms with Crippen LogP contribution in [0.1, 0.15) is 42.9 Å². The molecule has 0 saturated heterocycles. The lowest BCUT2D eigenvalue weighted by atomic mass is 9.87. The predicted octanol–water partition coefficient (Wildman–Crippen LogP) is 4.73. The highest BCUT2D eigenvalue weighted by Crippen LogP contribution is 2.38. The molecule has 0 atom stereocenters. The summed E-state index contributed by atoms with van der Waals surface area (Å²) < 4.78 is 0. The van der Waals surface area contributed by atoms with E-state index in [9.17, 15) is 4.91 Å². The number of nitroso groups, excluding NO2 is 1. The molecule has 0 spiro atoms. The van der Waals surface area contributed by atoms with Gasteiger partial charge >= 0.3 is 0 Å². The van der Waals surface area contributed by atoms with E-state index in [1.807, 2.05) is 18.2 Å². The maximum Gasteiger partial charge on any atom is 0.108 e. The first-order valence-corrected chi connectivity index (χ1v) is 5.87. The number of nitrogens with zero attached hydrogens (tertiary/aromatic N) is 1. The first-order chi connectivity index (χ1) is 7.63. The molecule has 0 N–H and O–H groups in total. The van der Waals surface area contributed by atoms with Crippen LogP contribution in [0.2, 0.25) is 0 Å². The molecule has 1 aliphatic carbocycles. The first kappa shape index (κ1) is 11.3. The first-order valence-electron chi connectivity index (χ1n) is 5.49. The number of allylic oxidation sites excluding steroid dienone is 1. The van der Waals surface area contributed by atoms with E-state index in [1.54, 1.807) is 0 Å². The highest BCUT2D eigenvalue weighted by Gasteiger charge is 2.18. The predicted molar refractivity (Wildman–Crippen MR) is 68.1 cm³/mol. The summed E-state index contributed by atoms with van der Waals surface area (Å²) >= 11 is 6.24. The van der Waals surface area contributed by atoms with Crippen molar-refractivity contribution in [1.29, 1.82) is 0 Å². The Morgan fingerprint density at radius 2 is 2.12 bits per heavy atom. The molecule has 84 valence electrons. The van der Waals surface area contributed by atoms with Gasteiger partial charge in [-0.05, 0) is 52.8 Å². The van der Waals surface area contributed by atoms with Gasteiger partial charge in [0.2, 0.25) is 0 Å². The molecule has 1 aromatic rings. The van der Waals surface area contributed by atoms with Crippen LogP contribution < -0.4 is 0 Å².